The van der Waals surface area contributed by atoms with E-state index in [2.05, 4.69) is 15.5 Å². The van der Waals surface area contributed by atoms with Gasteiger partial charge in [-0.05, 0) is 44.0 Å². The maximum atomic E-state index is 14.4. The number of thioether (sulfide) groups is 1. The van der Waals surface area contributed by atoms with Crippen LogP contribution in [0.2, 0.25) is 0 Å². The number of aromatic nitrogens is 3. The van der Waals surface area contributed by atoms with Gasteiger partial charge in [-0.2, -0.15) is 0 Å². The molecule has 0 unspecified atom stereocenters. The number of halogens is 1. The third-order valence-electron chi connectivity index (χ3n) is 4.92. The lowest BCUT2D eigenvalue weighted by molar-refractivity contribution is -0.119. The fourth-order valence-electron chi connectivity index (χ4n) is 3.32. The Labute approximate surface area is 178 Å². The van der Waals surface area contributed by atoms with E-state index in [-0.39, 0.29) is 23.6 Å². The molecule has 1 saturated heterocycles. The van der Waals surface area contributed by atoms with Gasteiger partial charge in [-0.3, -0.25) is 9.36 Å². The minimum Gasteiger partial charge on any atom is -0.376 e. The van der Waals surface area contributed by atoms with Crippen molar-refractivity contribution in [3.05, 3.63) is 59.9 Å². The third-order valence-corrected chi connectivity index (χ3v) is 5.85. The van der Waals surface area contributed by atoms with Crippen LogP contribution in [-0.4, -0.2) is 45.7 Å². The average Bonchev–Trinajstić information content (AvgIpc) is 3.42. The van der Waals surface area contributed by atoms with Crippen LogP contribution in [0.1, 0.15) is 18.4 Å². The minimum atomic E-state index is -0.371. The number of hydrogen-bond acceptors (Lipinski definition) is 5. The summed E-state index contributed by atoms with van der Waals surface area (Å²) in [6.45, 7) is 3.28. The molecule has 8 heteroatoms. The molecule has 6 nitrogen and oxygen atoms in total. The van der Waals surface area contributed by atoms with Crippen LogP contribution in [0, 0.1) is 12.7 Å². The van der Waals surface area contributed by atoms with Crippen LogP contribution >= 0.6 is 11.8 Å². The summed E-state index contributed by atoms with van der Waals surface area (Å²) >= 11 is 1.27. The molecule has 1 amide bonds. The van der Waals surface area contributed by atoms with E-state index in [9.17, 15) is 9.18 Å². The van der Waals surface area contributed by atoms with Gasteiger partial charge < -0.3 is 10.1 Å². The lowest BCUT2D eigenvalue weighted by Crippen LogP contribution is -2.32. The summed E-state index contributed by atoms with van der Waals surface area (Å²) in [7, 11) is 0. The van der Waals surface area contributed by atoms with Crippen molar-refractivity contribution < 1.29 is 13.9 Å². The van der Waals surface area contributed by atoms with Crippen molar-refractivity contribution in [1.29, 1.82) is 0 Å². The molecule has 1 N–H and O–H groups in total. The molecule has 156 valence electrons. The van der Waals surface area contributed by atoms with Crippen molar-refractivity contribution in [2.75, 3.05) is 18.9 Å². The Morgan fingerprint density at radius 2 is 2.03 bits per heavy atom. The molecule has 4 rings (SSSR count). The number of carbonyl (C=O) groups is 1. The Bertz CT molecular complexity index is 1020. The lowest BCUT2D eigenvalue weighted by atomic mass is 10.2. The van der Waals surface area contributed by atoms with Crippen LogP contribution in [-0.2, 0) is 9.53 Å². The topological polar surface area (TPSA) is 69.0 Å². The molecular weight excluding hydrogens is 403 g/mol. The van der Waals surface area contributed by atoms with E-state index in [1.807, 2.05) is 31.2 Å². The number of ether oxygens (including phenoxy) is 1. The van der Waals surface area contributed by atoms with Crippen LogP contribution < -0.4 is 5.32 Å². The number of benzene rings is 2. The van der Waals surface area contributed by atoms with E-state index in [4.69, 9.17) is 4.74 Å². The molecule has 0 radical (unpaired) electrons. The fraction of sp³-hybridized carbons (Fsp3) is 0.318. The van der Waals surface area contributed by atoms with E-state index in [1.54, 1.807) is 22.8 Å². The molecule has 2 aromatic carbocycles. The third kappa shape index (κ3) is 4.71. The van der Waals surface area contributed by atoms with Gasteiger partial charge in [0.05, 0.1) is 17.4 Å². The van der Waals surface area contributed by atoms with Gasteiger partial charge in [-0.1, -0.05) is 41.6 Å². The first-order valence-electron chi connectivity index (χ1n) is 9.90. The molecule has 3 aromatic rings. The van der Waals surface area contributed by atoms with Gasteiger partial charge >= 0.3 is 0 Å². The summed E-state index contributed by atoms with van der Waals surface area (Å²) in [5.74, 6) is 0.123. The SMILES string of the molecule is Cc1ccc(-n2c(SCC(=O)NC[C@H]3CCCO3)nnc2-c2ccccc2F)cc1. The van der Waals surface area contributed by atoms with Crippen molar-refractivity contribution in [1.82, 2.24) is 20.1 Å². The Hall–Kier alpha value is -2.71. The molecule has 0 saturated carbocycles. The molecule has 0 bridgehead atoms. The van der Waals surface area contributed by atoms with Gasteiger partial charge in [0.2, 0.25) is 5.91 Å². The van der Waals surface area contributed by atoms with Gasteiger partial charge in [0.1, 0.15) is 5.82 Å². The summed E-state index contributed by atoms with van der Waals surface area (Å²) < 4.78 is 21.8. The monoisotopic (exact) mass is 426 g/mol. The molecular formula is C22H23FN4O2S. The Morgan fingerprint density at radius 1 is 1.23 bits per heavy atom. The Kier molecular flexibility index (Phi) is 6.44. The van der Waals surface area contributed by atoms with Gasteiger partial charge in [0.15, 0.2) is 11.0 Å². The quantitative estimate of drug-likeness (QED) is 0.583. The van der Waals surface area contributed by atoms with Crippen molar-refractivity contribution in [3.8, 4) is 17.1 Å². The molecule has 1 aromatic heterocycles. The first-order chi connectivity index (χ1) is 14.6. The van der Waals surface area contributed by atoms with Crippen molar-refractivity contribution >= 4 is 17.7 Å². The van der Waals surface area contributed by atoms with Gasteiger partial charge in [0, 0.05) is 18.8 Å². The highest BCUT2D eigenvalue weighted by atomic mass is 32.2. The Balaban J connectivity index is 1.56. The highest BCUT2D eigenvalue weighted by Crippen LogP contribution is 2.29. The summed E-state index contributed by atoms with van der Waals surface area (Å²) in [6, 6.07) is 14.3. The second kappa shape index (κ2) is 9.40. The number of nitrogens with one attached hydrogen (secondary N) is 1. The van der Waals surface area contributed by atoms with E-state index < -0.39 is 0 Å². The van der Waals surface area contributed by atoms with E-state index >= 15 is 0 Å². The maximum absolute atomic E-state index is 14.4. The van der Waals surface area contributed by atoms with E-state index in [0.717, 1.165) is 30.7 Å². The zero-order valence-electron chi connectivity index (χ0n) is 16.7. The largest absolute Gasteiger partial charge is 0.376 e. The number of hydrogen-bond donors (Lipinski definition) is 1. The van der Waals surface area contributed by atoms with Crippen molar-refractivity contribution in [3.63, 3.8) is 0 Å². The lowest BCUT2D eigenvalue weighted by Gasteiger charge is -2.12. The number of aryl methyl sites for hydroxylation is 1. The summed E-state index contributed by atoms with van der Waals surface area (Å²) in [5, 5.41) is 11.9. The molecule has 2 heterocycles. The minimum absolute atomic E-state index is 0.0959. The van der Waals surface area contributed by atoms with E-state index in [0.29, 0.717) is 23.1 Å². The summed E-state index contributed by atoms with van der Waals surface area (Å²) in [5.41, 5.74) is 2.29. The highest BCUT2D eigenvalue weighted by Gasteiger charge is 2.20. The fourth-order valence-corrected chi connectivity index (χ4v) is 4.10. The van der Waals surface area contributed by atoms with Gasteiger partial charge in [-0.25, -0.2) is 4.39 Å². The van der Waals surface area contributed by atoms with Crippen LogP contribution in [0.4, 0.5) is 4.39 Å². The zero-order chi connectivity index (χ0) is 20.9. The number of amides is 1. The first kappa shape index (κ1) is 20.6. The predicted octanol–water partition coefficient (Wildman–Crippen LogP) is 3.77. The number of nitrogens with zero attached hydrogens (tertiary/aromatic N) is 3. The molecule has 1 fully saturated rings. The summed E-state index contributed by atoms with van der Waals surface area (Å²) in [4.78, 5) is 12.3. The van der Waals surface area contributed by atoms with Gasteiger partial charge in [0.25, 0.3) is 0 Å². The second-order valence-electron chi connectivity index (χ2n) is 7.18. The highest BCUT2D eigenvalue weighted by molar-refractivity contribution is 7.99. The molecule has 30 heavy (non-hydrogen) atoms. The van der Waals surface area contributed by atoms with Crippen LogP contribution in [0.5, 0.6) is 0 Å². The van der Waals surface area contributed by atoms with Gasteiger partial charge in [-0.15, -0.1) is 10.2 Å². The first-order valence-corrected chi connectivity index (χ1v) is 10.9. The molecule has 1 aliphatic rings. The smallest absolute Gasteiger partial charge is 0.230 e. The standard InChI is InChI=1S/C22H23FN4O2S/c1-15-8-10-16(11-9-15)27-21(18-6-2-3-7-19(18)23)25-26-22(27)30-14-20(28)24-13-17-5-4-12-29-17/h2-3,6-11,17H,4-5,12-14H2,1H3,(H,24,28)/t17-/m1/s1. The van der Waals surface area contributed by atoms with Crippen LogP contribution in [0.3, 0.4) is 0 Å². The van der Waals surface area contributed by atoms with Crippen LogP contribution in [0.15, 0.2) is 53.7 Å². The van der Waals surface area contributed by atoms with Crippen molar-refractivity contribution in [2.24, 2.45) is 0 Å². The van der Waals surface area contributed by atoms with E-state index in [1.165, 1.54) is 17.8 Å². The zero-order valence-corrected chi connectivity index (χ0v) is 17.5. The Morgan fingerprint density at radius 3 is 2.77 bits per heavy atom. The normalized spacial score (nSPS) is 16.0. The second-order valence-corrected chi connectivity index (χ2v) is 8.13. The molecule has 0 aliphatic carbocycles. The number of carbonyl (C=O) groups excluding carboxylic acids is 1. The molecule has 0 spiro atoms. The predicted molar refractivity (Wildman–Crippen MR) is 114 cm³/mol. The summed E-state index contributed by atoms with van der Waals surface area (Å²) in [6.07, 6.45) is 2.11. The van der Waals surface area contributed by atoms with Crippen molar-refractivity contribution in [2.45, 2.75) is 31.0 Å². The maximum Gasteiger partial charge on any atom is 0.230 e. The number of rotatable bonds is 7. The molecule has 1 aliphatic heterocycles. The molecule has 1 atom stereocenters. The average molecular weight is 427 g/mol. The van der Waals surface area contributed by atoms with Crippen LogP contribution in [0.25, 0.3) is 17.1 Å².